The van der Waals surface area contributed by atoms with Crippen LogP contribution in [0.3, 0.4) is 0 Å². The van der Waals surface area contributed by atoms with Gasteiger partial charge in [0, 0.05) is 34.5 Å². The molecule has 5 heteroatoms. The summed E-state index contributed by atoms with van der Waals surface area (Å²) in [7, 11) is 0. The third-order valence-electron chi connectivity index (χ3n) is 4.52. The van der Waals surface area contributed by atoms with Crippen molar-refractivity contribution in [2.75, 3.05) is 23.3 Å². The smallest absolute Gasteiger partial charge is 0.228 e. The molecule has 1 amide bonds. The molecular formula is C20H22Cl2N2O. The molecule has 1 heterocycles. The van der Waals surface area contributed by atoms with Gasteiger partial charge in [-0.15, -0.1) is 0 Å². The van der Waals surface area contributed by atoms with E-state index in [1.807, 2.05) is 12.1 Å². The lowest BCUT2D eigenvalue weighted by Crippen LogP contribution is -2.23. The highest BCUT2D eigenvalue weighted by Crippen LogP contribution is 2.25. The molecule has 0 atom stereocenters. The van der Waals surface area contributed by atoms with Crippen LogP contribution in [0.5, 0.6) is 0 Å². The van der Waals surface area contributed by atoms with Crippen molar-refractivity contribution in [2.24, 2.45) is 0 Å². The van der Waals surface area contributed by atoms with Crippen molar-refractivity contribution in [3.05, 3.63) is 58.1 Å². The van der Waals surface area contributed by atoms with Crippen LogP contribution < -0.4 is 10.2 Å². The van der Waals surface area contributed by atoms with Crippen molar-refractivity contribution < 1.29 is 4.79 Å². The summed E-state index contributed by atoms with van der Waals surface area (Å²) in [6, 6.07) is 13.3. The average Bonchev–Trinajstić information content (AvgIpc) is 2.88. The van der Waals surface area contributed by atoms with Crippen LogP contribution in [0.2, 0.25) is 10.0 Å². The number of hydrogen-bond acceptors (Lipinski definition) is 2. The fraction of sp³-hybridized carbons (Fsp3) is 0.350. The molecule has 132 valence electrons. The van der Waals surface area contributed by atoms with E-state index in [1.54, 1.807) is 18.2 Å². The molecule has 1 aliphatic rings. The summed E-state index contributed by atoms with van der Waals surface area (Å²) >= 11 is 12.3. The molecule has 1 saturated heterocycles. The molecule has 0 unspecified atom stereocenters. The Labute approximate surface area is 158 Å². The number of benzene rings is 2. The zero-order valence-electron chi connectivity index (χ0n) is 14.1. The first kappa shape index (κ1) is 18.1. The maximum atomic E-state index is 12.3. The van der Waals surface area contributed by atoms with Crippen molar-refractivity contribution in [3.8, 4) is 0 Å². The van der Waals surface area contributed by atoms with Gasteiger partial charge >= 0.3 is 0 Å². The van der Waals surface area contributed by atoms with Gasteiger partial charge in [0.25, 0.3) is 0 Å². The number of carbonyl (C=O) groups is 1. The normalized spacial score (nSPS) is 14.9. The van der Waals surface area contributed by atoms with E-state index in [1.165, 1.54) is 31.4 Å². The van der Waals surface area contributed by atoms with E-state index in [4.69, 9.17) is 23.2 Å². The second kappa shape index (κ2) is 8.59. The molecule has 0 saturated carbocycles. The molecule has 2 aromatic carbocycles. The van der Waals surface area contributed by atoms with Gasteiger partial charge in [-0.05, 0) is 54.8 Å². The number of anilines is 2. The fourth-order valence-corrected chi connectivity index (χ4v) is 3.68. The Morgan fingerprint density at radius 2 is 1.52 bits per heavy atom. The monoisotopic (exact) mass is 376 g/mol. The van der Waals surface area contributed by atoms with Gasteiger partial charge in [0.2, 0.25) is 5.91 Å². The Kier molecular flexibility index (Phi) is 6.22. The molecule has 1 N–H and O–H groups in total. The summed E-state index contributed by atoms with van der Waals surface area (Å²) in [5.41, 5.74) is 2.66. The van der Waals surface area contributed by atoms with Gasteiger partial charge in [-0.2, -0.15) is 0 Å². The molecule has 0 radical (unpaired) electrons. The summed E-state index contributed by atoms with van der Waals surface area (Å²) < 4.78 is 0. The number of hydrogen-bond donors (Lipinski definition) is 1. The number of amides is 1. The standard InChI is InChI=1S/C20H22Cl2N2O/c21-18-6-5-7-19(22)17(18)14-20(25)23-15-8-10-16(11-9-15)24-12-3-1-2-4-13-24/h5-11H,1-4,12-14H2,(H,23,25). The summed E-state index contributed by atoms with van der Waals surface area (Å²) in [5, 5.41) is 3.94. The lowest BCUT2D eigenvalue weighted by Gasteiger charge is -2.22. The lowest BCUT2D eigenvalue weighted by molar-refractivity contribution is -0.115. The molecule has 0 spiro atoms. The third-order valence-corrected chi connectivity index (χ3v) is 5.23. The highest BCUT2D eigenvalue weighted by Gasteiger charge is 2.12. The quantitative estimate of drug-likeness (QED) is 0.757. The molecule has 0 aromatic heterocycles. The van der Waals surface area contributed by atoms with E-state index >= 15 is 0 Å². The third kappa shape index (κ3) is 4.90. The maximum Gasteiger partial charge on any atom is 0.228 e. The van der Waals surface area contributed by atoms with Gasteiger partial charge < -0.3 is 10.2 Å². The van der Waals surface area contributed by atoms with Gasteiger partial charge in [-0.1, -0.05) is 42.1 Å². The van der Waals surface area contributed by atoms with Gasteiger partial charge in [0.05, 0.1) is 6.42 Å². The number of rotatable bonds is 4. The zero-order valence-corrected chi connectivity index (χ0v) is 15.6. The second-order valence-electron chi connectivity index (χ2n) is 6.37. The topological polar surface area (TPSA) is 32.3 Å². The van der Waals surface area contributed by atoms with Crippen LogP contribution in [-0.2, 0) is 11.2 Å². The van der Waals surface area contributed by atoms with Crippen molar-refractivity contribution >= 4 is 40.5 Å². The number of carbonyl (C=O) groups excluding carboxylic acids is 1. The highest BCUT2D eigenvalue weighted by atomic mass is 35.5. The van der Waals surface area contributed by atoms with Crippen LogP contribution in [0, 0.1) is 0 Å². The molecule has 3 nitrogen and oxygen atoms in total. The van der Waals surface area contributed by atoms with E-state index in [0.29, 0.717) is 15.6 Å². The predicted octanol–water partition coefficient (Wildman–Crippen LogP) is 5.56. The fourth-order valence-electron chi connectivity index (χ4n) is 3.15. The Morgan fingerprint density at radius 3 is 2.12 bits per heavy atom. The van der Waals surface area contributed by atoms with Crippen LogP contribution in [0.15, 0.2) is 42.5 Å². The van der Waals surface area contributed by atoms with E-state index in [0.717, 1.165) is 18.8 Å². The molecule has 25 heavy (non-hydrogen) atoms. The molecule has 0 aliphatic carbocycles. The predicted molar refractivity (Wildman–Crippen MR) is 106 cm³/mol. The van der Waals surface area contributed by atoms with Crippen LogP contribution in [0.25, 0.3) is 0 Å². The average molecular weight is 377 g/mol. The Hall–Kier alpha value is -1.71. The second-order valence-corrected chi connectivity index (χ2v) is 7.19. The van der Waals surface area contributed by atoms with Crippen molar-refractivity contribution in [2.45, 2.75) is 32.1 Å². The van der Waals surface area contributed by atoms with Crippen molar-refractivity contribution in [1.29, 1.82) is 0 Å². The Morgan fingerprint density at radius 1 is 0.920 bits per heavy atom. The van der Waals surface area contributed by atoms with Crippen LogP contribution in [0.1, 0.15) is 31.2 Å². The first-order chi connectivity index (χ1) is 12.1. The van der Waals surface area contributed by atoms with E-state index in [9.17, 15) is 4.79 Å². The molecule has 2 aromatic rings. The molecule has 1 fully saturated rings. The first-order valence-electron chi connectivity index (χ1n) is 8.71. The Balaban J connectivity index is 1.62. The number of nitrogens with one attached hydrogen (secondary N) is 1. The van der Waals surface area contributed by atoms with Crippen LogP contribution in [-0.4, -0.2) is 19.0 Å². The van der Waals surface area contributed by atoms with Gasteiger partial charge in [-0.3, -0.25) is 4.79 Å². The largest absolute Gasteiger partial charge is 0.372 e. The highest BCUT2D eigenvalue weighted by molar-refractivity contribution is 6.36. The molecular weight excluding hydrogens is 355 g/mol. The lowest BCUT2D eigenvalue weighted by atomic mass is 10.1. The number of halogens is 2. The van der Waals surface area contributed by atoms with Gasteiger partial charge in [0.1, 0.15) is 0 Å². The summed E-state index contributed by atoms with van der Waals surface area (Å²) in [6.45, 7) is 2.22. The molecule has 0 bridgehead atoms. The van der Waals surface area contributed by atoms with E-state index < -0.39 is 0 Å². The summed E-state index contributed by atoms with van der Waals surface area (Å²) in [6.07, 6.45) is 5.28. The minimum absolute atomic E-state index is 0.127. The Bertz CT molecular complexity index is 703. The van der Waals surface area contributed by atoms with Crippen LogP contribution in [0.4, 0.5) is 11.4 Å². The summed E-state index contributed by atoms with van der Waals surface area (Å²) in [4.78, 5) is 14.7. The SMILES string of the molecule is O=C(Cc1c(Cl)cccc1Cl)Nc1ccc(N2CCCCCC2)cc1. The van der Waals surface area contributed by atoms with Crippen LogP contribution >= 0.6 is 23.2 Å². The van der Waals surface area contributed by atoms with Gasteiger partial charge in [0.15, 0.2) is 0 Å². The van der Waals surface area contributed by atoms with Crippen molar-refractivity contribution in [1.82, 2.24) is 0 Å². The van der Waals surface area contributed by atoms with E-state index in [-0.39, 0.29) is 12.3 Å². The number of nitrogens with zero attached hydrogens (tertiary/aromatic N) is 1. The van der Waals surface area contributed by atoms with E-state index in [2.05, 4.69) is 22.3 Å². The minimum atomic E-state index is -0.127. The molecule has 1 aliphatic heterocycles. The van der Waals surface area contributed by atoms with Gasteiger partial charge in [-0.25, -0.2) is 0 Å². The van der Waals surface area contributed by atoms with Crippen molar-refractivity contribution in [3.63, 3.8) is 0 Å². The zero-order chi connectivity index (χ0) is 17.6. The first-order valence-corrected chi connectivity index (χ1v) is 9.47. The minimum Gasteiger partial charge on any atom is -0.372 e. The molecule has 3 rings (SSSR count). The maximum absolute atomic E-state index is 12.3. The summed E-state index contributed by atoms with van der Waals surface area (Å²) in [5.74, 6) is -0.127.